The van der Waals surface area contributed by atoms with Crippen molar-refractivity contribution in [2.75, 3.05) is 6.54 Å². The predicted molar refractivity (Wildman–Crippen MR) is 104 cm³/mol. The molecule has 0 aromatic carbocycles. The van der Waals surface area contributed by atoms with Gasteiger partial charge in [0.15, 0.2) is 0 Å². The Morgan fingerprint density at radius 2 is 2.18 bits per heavy atom. The van der Waals surface area contributed by atoms with Crippen molar-refractivity contribution in [2.24, 2.45) is 0 Å². The van der Waals surface area contributed by atoms with Crippen LogP contribution in [-0.2, 0) is 9.53 Å². The van der Waals surface area contributed by atoms with Gasteiger partial charge in [-0.05, 0) is 0 Å². The van der Waals surface area contributed by atoms with Crippen LogP contribution in [0.25, 0.3) is 0 Å². The fourth-order valence-corrected chi connectivity index (χ4v) is 5.00. The van der Waals surface area contributed by atoms with Gasteiger partial charge in [0, 0.05) is 0 Å². The zero-order chi connectivity index (χ0) is 20.4. The van der Waals surface area contributed by atoms with Crippen molar-refractivity contribution in [3.8, 4) is 0 Å². The van der Waals surface area contributed by atoms with E-state index in [1.165, 1.54) is 0 Å². The minimum Gasteiger partial charge on any atom is -0.346 e. The molecule has 2 amide bonds. The van der Waals surface area contributed by atoms with Crippen LogP contribution < -0.4 is 50.7 Å². The SMILES string of the molecule is CC[C@@H](NC(=O)OC(C)(C)C)C1=C2CNC(=O)C2=C[C-]=C[I-]1.[CH2-]CC[CH-]C.[Li+]. The molecule has 154 valence electrons. The van der Waals surface area contributed by atoms with E-state index < -0.39 is 32.9 Å². The Morgan fingerprint density at radius 1 is 1.50 bits per heavy atom. The molecule has 1 atom stereocenters. The molecule has 2 N–H and O–H groups in total. The van der Waals surface area contributed by atoms with E-state index in [2.05, 4.69) is 30.1 Å². The molecule has 2 aliphatic rings. The number of ether oxygens (including phenoxy) is 1. The summed E-state index contributed by atoms with van der Waals surface area (Å²) in [5.41, 5.74) is 1.16. The van der Waals surface area contributed by atoms with E-state index in [4.69, 9.17) is 4.74 Å². The van der Waals surface area contributed by atoms with Crippen LogP contribution in [0.3, 0.4) is 0 Å². The summed E-state index contributed by atoms with van der Waals surface area (Å²) in [4.78, 5) is 23.9. The number of hydrogen-bond donors (Lipinski definition) is 2. The number of halogens is 1. The summed E-state index contributed by atoms with van der Waals surface area (Å²) >= 11 is -0.416. The fraction of sp³-hybridized carbons (Fsp3) is 0.524. The van der Waals surface area contributed by atoms with Gasteiger partial charge in [-0.3, -0.25) is 0 Å². The minimum atomic E-state index is -0.525. The molecule has 0 radical (unpaired) electrons. The zero-order valence-electron chi connectivity index (χ0n) is 17.9. The van der Waals surface area contributed by atoms with Crippen LogP contribution in [0.4, 0.5) is 4.79 Å². The van der Waals surface area contributed by atoms with Crippen LogP contribution >= 0.6 is 0 Å². The number of carbonyl (C=O) groups excluding carboxylic acids is 2. The summed E-state index contributed by atoms with van der Waals surface area (Å²) in [6.45, 7) is 13.8. The van der Waals surface area contributed by atoms with Crippen molar-refractivity contribution in [1.29, 1.82) is 0 Å². The molecule has 0 aliphatic carbocycles. The van der Waals surface area contributed by atoms with Gasteiger partial charge in [0.05, 0.1) is 0 Å². The van der Waals surface area contributed by atoms with Crippen LogP contribution in [0.2, 0.25) is 0 Å². The molecule has 0 saturated carbocycles. The number of allylic oxidation sites excluding steroid dienone is 2. The molecule has 1 fully saturated rings. The molecule has 0 bridgehead atoms. The Kier molecular flexibility index (Phi) is 13.2. The number of alkyl carbamates (subject to hydrolysis) is 1. The van der Waals surface area contributed by atoms with Gasteiger partial charge in [0.2, 0.25) is 0 Å². The molecule has 0 aromatic heterocycles. The van der Waals surface area contributed by atoms with Gasteiger partial charge in [-0.2, -0.15) is 6.92 Å². The first-order chi connectivity index (χ1) is 12.7. The van der Waals surface area contributed by atoms with Crippen LogP contribution in [0.15, 0.2) is 24.9 Å². The van der Waals surface area contributed by atoms with Crippen molar-refractivity contribution in [3.05, 3.63) is 44.3 Å². The van der Waals surface area contributed by atoms with E-state index in [9.17, 15) is 9.59 Å². The van der Waals surface area contributed by atoms with Crippen LogP contribution in [-0.4, -0.2) is 30.2 Å². The van der Waals surface area contributed by atoms with Crippen LogP contribution in [0.1, 0.15) is 53.9 Å². The van der Waals surface area contributed by atoms with Crippen molar-refractivity contribution in [1.82, 2.24) is 10.6 Å². The van der Waals surface area contributed by atoms with Gasteiger partial charge in [-0.25, -0.2) is 12.8 Å². The quantitative estimate of drug-likeness (QED) is 0.261. The summed E-state index contributed by atoms with van der Waals surface area (Å²) in [7, 11) is 0. The molecule has 0 aromatic rings. The second kappa shape index (κ2) is 13.5. The molecule has 0 spiro atoms. The molecule has 5 nitrogen and oxygen atoms in total. The van der Waals surface area contributed by atoms with E-state index in [0.717, 1.165) is 28.4 Å². The van der Waals surface area contributed by atoms with Gasteiger partial charge in [-0.1, -0.05) is 0 Å². The smallest absolute Gasteiger partial charge is 0.346 e. The van der Waals surface area contributed by atoms with Crippen molar-refractivity contribution >= 4 is 12.0 Å². The zero-order valence-corrected chi connectivity index (χ0v) is 20.1. The number of amides is 2. The average molecular weight is 493 g/mol. The van der Waals surface area contributed by atoms with Crippen molar-refractivity contribution in [2.45, 2.75) is 65.5 Å². The predicted octanol–water partition coefficient (Wildman–Crippen LogP) is -2.15. The second-order valence-corrected chi connectivity index (χ2v) is 9.52. The fourth-order valence-electron chi connectivity index (χ4n) is 2.42. The number of rotatable bonds is 5. The van der Waals surface area contributed by atoms with E-state index in [0.29, 0.717) is 12.1 Å². The average Bonchev–Trinajstić information content (AvgIpc) is 2.81. The Morgan fingerprint density at radius 3 is 2.68 bits per heavy atom. The summed E-state index contributed by atoms with van der Waals surface area (Å²) in [5, 5.41) is 5.79. The topological polar surface area (TPSA) is 67.4 Å². The maximum Gasteiger partial charge on any atom is 1.00 e. The molecule has 2 aliphatic heterocycles. The molecule has 0 unspecified atom stereocenters. The first-order valence-electron chi connectivity index (χ1n) is 9.23. The minimum absolute atomic E-state index is 0. The third kappa shape index (κ3) is 9.19. The Hall–Kier alpha value is -0.713. The maximum absolute atomic E-state index is 12.0. The number of carbonyl (C=O) groups is 2. The van der Waals surface area contributed by atoms with E-state index in [1.54, 1.807) is 6.08 Å². The molecular weight excluding hydrogens is 462 g/mol. The summed E-state index contributed by atoms with van der Waals surface area (Å²) in [5.74, 6) is -0.0635. The van der Waals surface area contributed by atoms with Gasteiger partial charge in [0.25, 0.3) is 0 Å². The number of fused-ring (bicyclic) bond motifs is 1. The molecular formula is C21H31ILiN2O3-3. The standard InChI is InChI=1S/C16H21IN2O3.C5H10.Li/c1-5-12(19-15(21)22-16(2,3)4)13-11-9-18-14(20)10(11)7-6-8-17-13;1-3-5-4-2;/h7-8,12H,5,9H2,1-4H3,(H,18,20)(H,19,21);4H,1,3,5H2,2H3;/q2*-2;+1/t12-;;/m1../s1. The van der Waals surface area contributed by atoms with E-state index in [1.807, 2.05) is 38.7 Å². The normalized spacial score (nSPS) is 16.8. The number of nitrogens with one attached hydrogen (secondary N) is 2. The van der Waals surface area contributed by atoms with Gasteiger partial charge < -0.3 is 13.3 Å². The largest absolute Gasteiger partial charge is 1.00 e. The van der Waals surface area contributed by atoms with Crippen LogP contribution in [0, 0.1) is 19.4 Å². The van der Waals surface area contributed by atoms with Gasteiger partial charge in [-0.15, -0.1) is 0 Å². The summed E-state index contributed by atoms with van der Waals surface area (Å²) in [6.07, 6.45) is 9.45. The Labute approximate surface area is 192 Å². The van der Waals surface area contributed by atoms with Crippen LogP contribution in [0.5, 0.6) is 0 Å². The monoisotopic (exact) mass is 493 g/mol. The molecule has 2 heterocycles. The molecule has 28 heavy (non-hydrogen) atoms. The number of hydrogen-bond acceptors (Lipinski definition) is 3. The van der Waals surface area contributed by atoms with Gasteiger partial charge >= 0.3 is 160 Å². The molecule has 2 rings (SSSR count). The molecule has 7 heteroatoms. The Balaban J connectivity index is 0.00000108. The van der Waals surface area contributed by atoms with Crippen molar-refractivity contribution in [3.63, 3.8) is 0 Å². The maximum atomic E-state index is 12.0. The van der Waals surface area contributed by atoms with E-state index in [-0.39, 0.29) is 30.8 Å². The molecule has 1 saturated heterocycles. The first kappa shape index (κ1) is 27.3. The van der Waals surface area contributed by atoms with Gasteiger partial charge in [0.1, 0.15) is 0 Å². The summed E-state index contributed by atoms with van der Waals surface area (Å²) < 4.78 is 8.49. The summed E-state index contributed by atoms with van der Waals surface area (Å²) in [6, 6.07) is -0.107. The number of unbranched alkanes of at least 4 members (excludes halogenated alkanes) is 2. The van der Waals surface area contributed by atoms with E-state index >= 15 is 0 Å². The third-order valence-corrected chi connectivity index (χ3v) is 6.39. The second-order valence-electron chi connectivity index (χ2n) is 7.11. The Bertz CT molecular complexity index is 620. The first-order valence-corrected chi connectivity index (χ1v) is 11.5. The van der Waals surface area contributed by atoms with Crippen molar-refractivity contribution < 1.29 is 54.4 Å². The third-order valence-electron chi connectivity index (χ3n) is 3.64.